The molecule has 2 heterocycles. The first-order valence-electron chi connectivity index (χ1n) is 7.53. The van der Waals surface area contributed by atoms with Gasteiger partial charge in [0.25, 0.3) is 0 Å². The summed E-state index contributed by atoms with van der Waals surface area (Å²) in [6.07, 6.45) is 3.00. The average molecular weight is 278 g/mol. The van der Waals surface area contributed by atoms with E-state index in [2.05, 4.69) is 26.9 Å². The minimum absolute atomic E-state index is 0.556. The molecule has 1 aliphatic rings. The maximum atomic E-state index is 5.59. The van der Waals surface area contributed by atoms with E-state index in [0.717, 1.165) is 63.7 Å². The highest BCUT2D eigenvalue weighted by Crippen LogP contribution is 2.14. The number of pyridine rings is 1. The van der Waals surface area contributed by atoms with Crippen molar-refractivity contribution in [3.63, 3.8) is 0 Å². The molecular weight excluding hydrogens is 252 g/mol. The van der Waals surface area contributed by atoms with Gasteiger partial charge in [-0.3, -0.25) is 4.90 Å². The van der Waals surface area contributed by atoms with E-state index in [4.69, 9.17) is 10.5 Å². The Balaban J connectivity index is 1.73. The van der Waals surface area contributed by atoms with Crippen molar-refractivity contribution < 1.29 is 4.74 Å². The number of anilines is 1. The van der Waals surface area contributed by atoms with Crippen molar-refractivity contribution in [3.05, 3.63) is 23.9 Å². The topological polar surface area (TPSA) is 54.6 Å². The van der Waals surface area contributed by atoms with Crippen LogP contribution in [-0.2, 0) is 11.3 Å². The highest BCUT2D eigenvalue weighted by Gasteiger charge is 2.17. The molecule has 1 aromatic rings. The molecule has 0 spiro atoms. The van der Waals surface area contributed by atoms with Gasteiger partial charge >= 0.3 is 0 Å². The molecule has 0 bridgehead atoms. The average Bonchev–Trinajstić information content (AvgIpc) is 2.52. The zero-order valence-corrected chi connectivity index (χ0v) is 12.4. The number of piperazine rings is 1. The summed E-state index contributed by atoms with van der Waals surface area (Å²) in [5, 5.41) is 0. The monoisotopic (exact) mass is 278 g/mol. The standard InChI is InChI=1S/C15H26N4O/c1-2-20-11-3-6-18-7-9-19(10-8-18)15-5-4-14(12-16)13-17-15/h4-5,13H,2-3,6-12,16H2,1H3. The molecule has 0 radical (unpaired) electrons. The van der Waals surface area contributed by atoms with Gasteiger partial charge in [-0.25, -0.2) is 4.98 Å². The maximum absolute atomic E-state index is 5.59. The van der Waals surface area contributed by atoms with E-state index < -0.39 is 0 Å². The van der Waals surface area contributed by atoms with Gasteiger partial charge in [0.2, 0.25) is 0 Å². The molecule has 1 aromatic heterocycles. The van der Waals surface area contributed by atoms with Gasteiger partial charge in [-0.05, 0) is 25.0 Å². The minimum atomic E-state index is 0.556. The normalized spacial score (nSPS) is 16.6. The van der Waals surface area contributed by atoms with Crippen LogP contribution in [0.4, 0.5) is 5.82 Å². The first-order chi connectivity index (χ1) is 9.83. The SMILES string of the molecule is CCOCCCN1CCN(c2ccc(CN)cn2)CC1. The van der Waals surface area contributed by atoms with Crippen LogP contribution < -0.4 is 10.6 Å². The van der Waals surface area contributed by atoms with E-state index in [0.29, 0.717) is 6.54 Å². The second-order valence-electron chi connectivity index (χ2n) is 5.11. The van der Waals surface area contributed by atoms with Crippen LogP contribution in [0.15, 0.2) is 18.3 Å². The molecule has 0 atom stereocenters. The smallest absolute Gasteiger partial charge is 0.128 e. The summed E-state index contributed by atoms with van der Waals surface area (Å²) >= 11 is 0. The van der Waals surface area contributed by atoms with Gasteiger partial charge in [-0.1, -0.05) is 6.07 Å². The maximum Gasteiger partial charge on any atom is 0.128 e. The van der Waals surface area contributed by atoms with Gasteiger partial charge in [0.05, 0.1) is 0 Å². The Hall–Kier alpha value is -1.17. The Bertz CT molecular complexity index is 374. The lowest BCUT2D eigenvalue weighted by Gasteiger charge is -2.35. The van der Waals surface area contributed by atoms with E-state index in [1.54, 1.807) is 0 Å². The molecule has 0 saturated carbocycles. The van der Waals surface area contributed by atoms with Crippen molar-refractivity contribution in [1.29, 1.82) is 0 Å². The van der Waals surface area contributed by atoms with E-state index >= 15 is 0 Å². The lowest BCUT2D eigenvalue weighted by molar-refractivity contribution is 0.130. The van der Waals surface area contributed by atoms with Crippen molar-refractivity contribution in [3.8, 4) is 0 Å². The van der Waals surface area contributed by atoms with Gasteiger partial charge < -0.3 is 15.4 Å². The minimum Gasteiger partial charge on any atom is -0.382 e. The first kappa shape index (κ1) is 15.2. The summed E-state index contributed by atoms with van der Waals surface area (Å²) in [5.74, 6) is 1.07. The molecule has 2 rings (SSSR count). The van der Waals surface area contributed by atoms with Crippen molar-refractivity contribution in [1.82, 2.24) is 9.88 Å². The molecule has 0 unspecified atom stereocenters. The van der Waals surface area contributed by atoms with Crippen LogP contribution in [0.2, 0.25) is 0 Å². The summed E-state index contributed by atoms with van der Waals surface area (Å²) in [7, 11) is 0. The number of aromatic nitrogens is 1. The molecule has 1 fully saturated rings. The van der Waals surface area contributed by atoms with Gasteiger partial charge in [0, 0.05) is 58.7 Å². The number of ether oxygens (including phenoxy) is 1. The van der Waals surface area contributed by atoms with E-state index in [9.17, 15) is 0 Å². The van der Waals surface area contributed by atoms with Gasteiger partial charge in [-0.15, -0.1) is 0 Å². The zero-order valence-electron chi connectivity index (χ0n) is 12.4. The quantitative estimate of drug-likeness (QED) is 0.757. The Labute approximate surface area is 121 Å². The number of nitrogens with two attached hydrogens (primary N) is 1. The molecule has 1 saturated heterocycles. The third-order valence-electron chi connectivity index (χ3n) is 3.71. The fourth-order valence-electron chi connectivity index (χ4n) is 2.46. The van der Waals surface area contributed by atoms with Crippen LogP contribution in [0.3, 0.4) is 0 Å². The molecule has 20 heavy (non-hydrogen) atoms. The first-order valence-corrected chi connectivity index (χ1v) is 7.53. The fourth-order valence-corrected chi connectivity index (χ4v) is 2.46. The summed E-state index contributed by atoms with van der Waals surface area (Å²) in [6, 6.07) is 4.14. The van der Waals surface area contributed by atoms with Crippen molar-refractivity contribution in [2.45, 2.75) is 19.9 Å². The zero-order chi connectivity index (χ0) is 14.2. The summed E-state index contributed by atoms with van der Waals surface area (Å²) in [6.45, 7) is 9.72. The molecule has 0 amide bonds. The van der Waals surface area contributed by atoms with E-state index in [1.165, 1.54) is 0 Å². The predicted octanol–water partition coefficient (Wildman–Crippen LogP) is 1.09. The molecule has 1 aliphatic heterocycles. The van der Waals surface area contributed by atoms with E-state index in [-0.39, 0.29) is 0 Å². The predicted molar refractivity (Wildman–Crippen MR) is 81.9 cm³/mol. The Morgan fingerprint density at radius 2 is 2.05 bits per heavy atom. The van der Waals surface area contributed by atoms with Gasteiger partial charge in [-0.2, -0.15) is 0 Å². The Morgan fingerprint density at radius 3 is 2.65 bits per heavy atom. The number of nitrogens with zero attached hydrogens (tertiary/aromatic N) is 3. The highest BCUT2D eigenvalue weighted by atomic mass is 16.5. The van der Waals surface area contributed by atoms with E-state index in [1.807, 2.05) is 13.1 Å². The number of rotatable bonds is 7. The lowest BCUT2D eigenvalue weighted by atomic mass is 10.2. The Kier molecular flexibility index (Phi) is 6.24. The van der Waals surface area contributed by atoms with Crippen LogP contribution in [-0.4, -0.2) is 55.8 Å². The lowest BCUT2D eigenvalue weighted by Crippen LogP contribution is -2.47. The van der Waals surface area contributed by atoms with Crippen molar-refractivity contribution in [2.24, 2.45) is 5.73 Å². The summed E-state index contributed by atoms with van der Waals surface area (Å²) in [5.41, 5.74) is 6.68. The molecule has 0 aliphatic carbocycles. The van der Waals surface area contributed by atoms with Gasteiger partial charge in [0.1, 0.15) is 5.82 Å². The molecule has 5 heteroatoms. The molecular formula is C15H26N4O. The third-order valence-corrected chi connectivity index (χ3v) is 3.71. The molecule has 0 aromatic carbocycles. The van der Waals surface area contributed by atoms with Crippen molar-refractivity contribution in [2.75, 3.05) is 50.8 Å². The Morgan fingerprint density at radius 1 is 1.25 bits per heavy atom. The number of hydrogen-bond acceptors (Lipinski definition) is 5. The van der Waals surface area contributed by atoms with Crippen molar-refractivity contribution >= 4 is 5.82 Å². The van der Waals surface area contributed by atoms with Crippen LogP contribution in [0, 0.1) is 0 Å². The third kappa shape index (κ3) is 4.44. The molecule has 2 N–H and O–H groups in total. The van der Waals surface area contributed by atoms with Crippen LogP contribution in [0.25, 0.3) is 0 Å². The fraction of sp³-hybridized carbons (Fsp3) is 0.667. The second-order valence-corrected chi connectivity index (χ2v) is 5.11. The van der Waals surface area contributed by atoms with Crippen LogP contribution in [0.1, 0.15) is 18.9 Å². The van der Waals surface area contributed by atoms with Gasteiger partial charge in [0.15, 0.2) is 0 Å². The second kappa shape index (κ2) is 8.19. The molecule has 5 nitrogen and oxygen atoms in total. The van der Waals surface area contributed by atoms with Crippen LogP contribution >= 0.6 is 0 Å². The molecule has 112 valence electrons. The summed E-state index contributed by atoms with van der Waals surface area (Å²) in [4.78, 5) is 9.34. The van der Waals surface area contributed by atoms with Crippen LogP contribution in [0.5, 0.6) is 0 Å². The highest BCUT2D eigenvalue weighted by molar-refractivity contribution is 5.39. The largest absolute Gasteiger partial charge is 0.382 e. The number of hydrogen-bond donors (Lipinski definition) is 1. The summed E-state index contributed by atoms with van der Waals surface area (Å²) < 4.78 is 5.38.